The Kier molecular flexibility index (Phi) is 9.32. The fourth-order valence-corrected chi connectivity index (χ4v) is 2.69. The van der Waals surface area contributed by atoms with Crippen molar-refractivity contribution in [3.63, 3.8) is 0 Å². The van der Waals surface area contributed by atoms with E-state index in [0.717, 1.165) is 19.3 Å². The first-order valence-corrected chi connectivity index (χ1v) is 8.18. The third-order valence-corrected chi connectivity index (χ3v) is 4.24. The van der Waals surface area contributed by atoms with E-state index in [0.29, 0.717) is 13.2 Å². The lowest BCUT2D eigenvalue weighted by molar-refractivity contribution is -0.121. The first-order chi connectivity index (χ1) is 8.91. The van der Waals surface area contributed by atoms with Crippen LogP contribution in [0.1, 0.15) is 26.2 Å². The van der Waals surface area contributed by atoms with Crippen molar-refractivity contribution in [1.82, 2.24) is 10.0 Å². The molecule has 9 heteroatoms. The molecule has 0 bridgehead atoms. The molecule has 1 aliphatic rings. The SMILES string of the molecule is C[C@H](N)C(=O)NCCS(=O)(=O)NCC1CCCCO1.Cl. The number of rotatable bonds is 7. The average molecular weight is 330 g/mol. The number of carbonyl (C=O) groups excluding carboxylic acids is 1. The molecule has 4 N–H and O–H groups in total. The van der Waals surface area contributed by atoms with Gasteiger partial charge in [0.05, 0.1) is 17.9 Å². The van der Waals surface area contributed by atoms with E-state index in [-0.39, 0.29) is 36.7 Å². The average Bonchev–Trinajstić information content (AvgIpc) is 2.37. The van der Waals surface area contributed by atoms with Gasteiger partial charge in [-0.25, -0.2) is 13.1 Å². The van der Waals surface area contributed by atoms with Crippen molar-refractivity contribution >= 4 is 28.3 Å². The normalized spacial score (nSPS) is 20.8. The summed E-state index contributed by atoms with van der Waals surface area (Å²) in [5.41, 5.74) is 5.35. The molecule has 1 amide bonds. The van der Waals surface area contributed by atoms with Crippen LogP contribution in [-0.2, 0) is 19.6 Å². The molecule has 1 rings (SSSR count). The maximum absolute atomic E-state index is 11.7. The first-order valence-electron chi connectivity index (χ1n) is 6.53. The molecule has 0 aromatic carbocycles. The largest absolute Gasteiger partial charge is 0.377 e. The molecule has 1 aliphatic heterocycles. The molecular weight excluding hydrogens is 306 g/mol. The van der Waals surface area contributed by atoms with E-state index >= 15 is 0 Å². The number of nitrogens with one attached hydrogen (secondary N) is 2. The third kappa shape index (κ3) is 8.01. The van der Waals surface area contributed by atoms with Gasteiger partial charge in [0.1, 0.15) is 0 Å². The van der Waals surface area contributed by atoms with Crippen LogP contribution >= 0.6 is 12.4 Å². The van der Waals surface area contributed by atoms with Gasteiger partial charge < -0.3 is 15.8 Å². The molecule has 20 heavy (non-hydrogen) atoms. The molecule has 7 nitrogen and oxygen atoms in total. The van der Waals surface area contributed by atoms with Gasteiger partial charge in [-0.1, -0.05) is 0 Å². The Balaban J connectivity index is 0.00000361. The van der Waals surface area contributed by atoms with Crippen molar-refractivity contribution < 1.29 is 17.9 Å². The quantitative estimate of drug-likeness (QED) is 0.575. The summed E-state index contributed by atoms with van der Waals surface area (Å²) in [4.78, 5) is 11.2. The summed E-state index contributed by atoms with van der Waals surface area (Å²) in [6.07, 6.45) is 2.94. The Hall–Kier alpha value is -0.410. The van der Waals surface area contributed by atoms with Gasteiger partial charge in [0.15, 0.2) is 0 Å². The van der Waals surface area contributed by atoms with E-state index in [1.807, 2.05) is 0 Å². The lowest BCUT2D eigenvalue weighted by atomic mass is 10.1. The number of nitrogens with two attached hydrogens (primary N) is 1. The van der Waals surface area contributed by atoms with Gasteiger partial charge in [-0.3, -0.25) is 4.79 Å². The summed E-state index contributed by atoms with van der Waals surface area (Å²) in [6, 6.07) is -0.633. The Morgan fingerprint density at radius 1 is 1.45 bits per heavy atom. The van der Waals surface area contributed by atoms with Gasteiger partial charge in [0.25, 0.3) is 0 Å². The lowest BCUT2D eigenvalue weighted by Gasteiger charge is -2.22. The highest BCUT2D eigenvalue weighted by molar-refractivity contribution is 7.89. The van der Waals surface area contributed by atoms with Crippen LogP contribution in [-0.4, -0.2) is 51.9 Å². The minimum atomic E-state index is -3.39. The Morgan fingerprint density at radius 2 is 2.15 bits per heavy atom. The summed E-state index contributed by atoms with van der Waals surface area (Å²) < 4.78 is 31.3. The van der Waals surface area contributed by atoms with Crippen LogP contribution in [0.2, 0.25) is 0 Å². The molecule has 120 valence electrons. The molecule has 1 saturated heterocycles. The van der Waals surface area contributed by atoms with E-state index in [1.165, 1.54) is 0 Å². The maximum Gasteiger partial charge on any atom is 0.236 e. The van der Waals surface area contributed by atoms with Crippen molar-refractivity contribution in [3.8, 4) is 0 Å². The second-order valence-corrected chi connectivity index (χ2v) is 6.66. The molecular formula is C11H24ClN3O4S. The fraction of sp³-hybridized carbons (Fsp3) is 0.909. The molecule has 0 aromatic rings. The summed E-state index contributed by atoms with van der Waals surface area (Å²) in [5, 5.41) is 2.46. The van der Waals surface area contributed by atoms with Crippen LogP contribution in [0.25, 0.3) is 0 Å². The monoisotopic (exact) mass is 329 g/mol. The molecule has 0 radical (unpaired) electrons. The smallest absolute Gasteiger partial charge is 0.236 e. The molecule has 0 spiro atoms. The molecule has 0 aliphatic carbocycles. The highest BCUT2D eigenvalue weighted by Gasteiger charge is 2.18. The van der Waals surface area contributed by atoms with E-state index in [2.05, 4.69) is 10.0 Å². The van der Waals surface area contributed by atoms with Gasteiger partial charge in [0.2, 0.25) is 15.9 Å². The highest BCUT2D eigenvalue weighted by atomic mass is 35.5. The number of amides is 1. The van der Waals surface area contributed by atoms with Crippen LogP contribution in [0.5, 0.6) is 0 Å². The van der Waals surface area contributed by atoms with Crippen molar-refractivity contribution in [3.05, 3.63) is 0 Å². The second kappa shape index (κ2) is 9.51. The van der Waals surface area contributed by atoms with E-state index in [1.54, 1.807) is 6.92 Å². The Bertz CT molecular complexity index is 383. The summed E-state index contributed by atoms with van der Waals surface area (Å²) in [7, 11) is -3.39. The van der Waals surface area contributed by atoms with Gasteiger partial charge in [-0.15, -0.1) is 12.4 Å². The van der Waals surface area contributed by atoms with Gasteiger partial charge in [0, 0.05) is 19.7 Å². The van der Waals surface area contributed by atoms with Crippen LogP contribution in [0.4, 0.5) is 0 Å². The topological polar surface area (TPSA) is 111 Å². The molecule has 1 fully saturated rings. The first kappa shape index (κ1) is 19.6. The predicted octanol–water partition coefficient (Wildman–Crippen LogP) is -0.640. The molecule has 1 unspecified atom stereocenters. The second-order valence-electron chi connectivity index (χ2n) is 4.74. The molecule has 0 saturated carbocycles. The van der Waals surface area contributed by atoms with Crippen LogP contribution in [0.15, 0.2) is 0 Å². The Labute approximate surface area is 126 Å². The summed E-state index contributed by atoms with van der Waals surface area (Å²) in [5.74, 6) is -0.510. The zero-order chi connectivity index (χ0) is 14.3. The fourth-order valence-electron chi connectivity index (χ4n) is 1.73. The lowest BCUT2D eigenvalue weighted by Crippen LogP contribution is -2.42. The predicted molar refractivity (Wildman–Crippen MR) is 79.3 cm³/mol. The number of halogens is 1. The number of sulfonamides is 1. The maximum atomic E-state index is 11.7. The summed E-state index contributed by atoms with van der Waals surface area (Å²) in [6.45, 7) is 2.59. The van der Waals surface area contributed by atoms with Crippen LogP contribution in [0.3, 0.4) is 0 Å². The van der Waals surface area contributed by atoms with Crippen molar-refractivity contribution in [2.24, 2.45) is 5.73 Å². The zero-order valence-corrected chi connectivity index (χ0v) is 13.3. The highest BCUT2D eigenvalue weighted by Crippen LogP contribution is 2.11. The van der Waals surface area contributed by atoms with Crippen molar-refractivity contribution in [2.45, 2.75) is 38.3 Å². The minimum absolute atomic E-state index is 0. The number of hydrogen-bond acceptors (Lipinski definition) is 5. The van der Waals surface area contributed by atoms with E-state index < -0.39 is 16.1 Å². The van der Waals surface area contributed by atoms with E-state index in [4.69, 9.17) is 10.5 Å². The van der Waals surface area contributed by atoms with Crippen LogP contribution < -0.4 is 15.8 Å². The molecule has 1 heterocycles. The number of carbonyl (C=O) groups is 1. The zero-order valence-electron chi connectivity index (χ0n) is 11.6. The Morgan fingerprint density at radius 3 is 2.70 bits per heavy atom. The molecule has 2 atom stereocenters. The number of ether oxygens (including phenoxy) is 1. The number of hydrogen-bond donors (Lipinski definition) is 3. The minimum Gasteiger partial charge on any atom is -0.377 e. The van der Waals surface area contributed by atoms with Gasteiger partial charge >= 0.3 is 0 Å². The third-order valence-electron chi connectivity index (χ3n) is 2.89. The standard InChI is InChI=1S/C11H23N3O4S.ClH/c1-9(12)11(15)13-5-7-19(16,17)14-8-10-4-2-3-6-18-10;/h9-10,14H,2-8,12H2,1H3,(H,13,15);1H/t9-,10?;/m0./s1. The van der Waals surface area contributed by atoms with Crippen molar-refractivity contribution in [1.29, 1.82) is 0 Å². The van der Waals surface area contributed by atoms with Crippen molar-refractivity contribution in [2.75, 3.05) is 25.4 Å². The summed E-state index contributed by atoms with van der Waals surface area (Å²) >= 11 is 0. The van der Waals surface area contributed by atoms with Gasteiger partial charge in [-0.2, -0.15) is 0 Å². The molecule has 0 aromatic heterocycles. The van der Waals surface area contributed by atoms with E-state index in [9.17, 15) is 13.2 Å². The van der Waals surface area contributed by atoms with Crippen LogP contribution in [0, 0.1) is 0 Å². The van der Waals surface area contributed by atoms with Gasteiger partial charge in [-0.05, 0) is 26.2 Å².